The van der Waals surface area contributed by atoms with Gasteiger partial charge in [-0.25, -0.2) is 5.01 Å². The van der Waals surface area contributed by atoms with Gasteiger partial charge in [0, 0.05) is 19.7 Å². The van der Waals surface area contributed by atoms with Crippen molar-refractivity contribution in [3.63, 3.8) is 0 Å². The van der Waals surface area contributed by atoms with E-state index < -0.39 is 5.91 Å². The van der Waals surface area contributed by atoms with Gasteiger partial charge < -0.3 is 15.0 Å². The number of ether oxygens (including phenoxy) is 1. The molecular weight excluding hydrogens is 422 g/mol. The summed E-state index contributed by atoms with van der Waals surface area (Å²) in [6, 6.07) is 14.3. The highest BCUT2D eigenvalue weighted by molar-refractivity contribution is 6.39. The van der Waals surface area contributed by atoms with Crippen molar-refractivity contribution in [1.82, 2.24) is 15.6 Å². The second-order valence-corrected chi connectivity index (χ2v) is 7.89. The van der Waals surface area contributed by atoms with Crippen molar-refractivity contribution in [3.8, 4) is 5.75 Å². The van der Waals surface area contributed by atoms with Crippen molar-refractivity contribution in [1.29, 1.82) is 0 Å². The standard InChI is InChI=1S/C24H29N5O4/c1-5-19(18-8-6-7-9-20(18)33-15-22(31)28(3)4)26-24(32)23-25-14-21(30)29(27-23)17-12-10-16(2)11-13-17/h6-13,19H,5,14-15H2,1-4H3,(H,25,27)(H,26,32). The van der Waals surface area contributed by atoms with Gasteiger partial charge in [0.25, 0.3) is 17.7 Å². The van der Waals surface area contributed by atoms with Crippen LogP contribution in [0.5, 0.6) is 5.75 Å². The van der Waals surface area contributed by atoms with Crippen LogP contribution in [0, 0.1) is 6.92 Å². The summed E-state index contributed by atoms with van der Waals surface area (Å²) in [5, 5.41) is 4.28. The fourth-order valence-corrected chi connectivity index (χ4v) is 3.24. The van der Waals surface area contributed by atoms with Crippen LogP contribution in [0.25, 0.3) is 0 Å². The number of rotatable bonds is 8. The number of hydrogen-bond donors (Lipinski definition) is 2. The maximum atomic E-state index is 13.0. The Morgan fingerprint density at radius 2 is 1.88 bits per heavy atom. The average Bonchev–Trinajstić information content (AvgIpc) is 2.82. The zero-order valence-corrected chi connectivity index (χ0v) is 19.3. The summed E-state index contributed by atoms with van der Waals surface area (Å²) >= 11 is 0. The third-order valence-corrected chi connectivity index (χ3v) is 5.20. The first kappa shape index (κ1) is 23.8. The molecule has 0 radical (unpaired) electrons. The molecule has 0 saturated carbocycles. The van der Waals surface area contributed by atoms with Gasteiger partial charge >= 0.3 is 0 Å². The van der Waals surface area contributed by atoms with E-state index >= 15 is 0 Å². The van der Waals surface area contributed by atoms with Crippen molar-refractivity contribution >= 4 is 29.2 Å². The quantitative estimate of drug-likeness (QED) is 0.639. The molecule has 0 aromatic heterocycles. The molecule has 1 atom stereocenters. The van der Waals surface area contributed by atoms with Crippen LogP contribution in [0.3, 0.4) is 0 Å². The first-order chi connectivity index (χ1) is 15.8. The fourth-order valence-electron chi connectivity index (χ4n) is 3.24. The molecule has 1 unspecified atom stereocenters. The second-order valence-electron chi connectivity index (χ2n) is 7.89. The third kappa shape index (κ3) is 5.88. The highest BCUT2D eigenvalue weighted by atomic mass is 16.5. The molecule has 1 aliphatic heterocycles. The summed E-state index contributed by atoms with van der Waals surface area (Å²) in [5.41, 5.74) is 5.27. The van der Waals surface area contributed by atoms with Crippen molar-refractivity contribution in [2.24, 2.45) is 4.99 Å². The highest BCUT2D eigenvalue weighted by Crippen LogP contribution is 2.27. The maximum Gasteiger partial charge on any atom is 0.288 e. The summed E-state index contributed by atoms with van der Waals surface area (Å²) in [6.45, 7) is 3.66. The summed E-state index contributed by atoms with van der Waals surface area (Å²) in [4.78, 5) is 42.8. The molecule has 9 heteroatoms. The topological polar surface area (TPSA) is 103 Å². The van der Waals surface area contributed by atoms with Crippen molar-refractivity contribution in [2.75, 3.05) is 32.3 Å². The summed E-state index contributed by atoms with van der Waals surface area (Å²) in [7, 11) is 3.32. The molecule has 3 rings (SSSR count). The van der Waals surface area contributed by atoms with E-state index in [2.05, 4.69) is 15.7 Å². The number of para-hydroxylation sites is 1. The van der Waals surface area contributed by atoms with Gasteiger partial charge in [-0.1, -0.05) is 42.8 Å². The summed E-state index contributed by atoms with van der Waals surface area (Å²) < 4.78 is 5.73. The molecule has 9 nitrogen and oxygen atoms in total. The number of nitrogens with zero attached hydrogens (tertiary/aromatic N) is 3. The van der Waals surface area contributed by atoms with Gasteiger partial charge in [0.2, 0.25) is 5.84 Å². The predicted molar refractivity (Wildman–Crippen MR) is 126 cm³/mol. The van der Waals surface area contributed by atoms with Gasteiger partial charge in [0.1, 0.15) is 12.3 Å². The van der Waals surface area contributed by atoms with E-state index in [0.29, 0.717) is 17.9 Å². The van der Waals surface area contributed by atoms with E-state index in [4.69, 9.17) is 4.74 Å². The zero-order chi connectivity index (χ0) is 24.0. The molecule has 174 valence electrons. The first-order valence-corrected chi connectivity index (χ1v) is 10.7. The van der Waals surface area contributed by atoms with Crippen LogP contribution in [0.1, 0.15) is 30.5 Å². The number of amidine groups is 1. The van der Waals surface area contributed by atoms with E-state index in [1.54, 1.807) is 32.3 Å². The molecule has 1 heterocycles. The van der Waals surface area contributed by atoms with Crippen LogP contribution in [0.4, 0.5) is 5.69 Å². The number of carbonyl (C=O) groups excluding carboxylic acids is 3. The fraction of sp³-hybridized carbons (Fsp3) is 0.333. The van der Waals surface area contributed by atoms with Gasteiger partial charge in [-0.05, 0) is 31.5 Å². The minimum absolute atomic E-state index is 0.0508. The Kier molecular flexibility index (Phi) is 7.66. The molecule has 0 aliphatic carbocycles. The molecule has 1 aliphatic rings. The van der Waals surface area contributed by atoms with E-state index in [1.165, 1.54) is 9.91 Å². The molecule has 0 fully saturated rings. The Balaban J connectivity index is 1.73. The molecule has 2 aromatic carbocycles. The molecule has 0 spiro atoms. The smallest absolute Gasteiger partial charge is 0.288 e. The number of likely N-dealkylation sites (N-methyl/N-ethyl adjacent to an activating group) is 1. The van der Waals surface area contributed by atoms with Gasteiger partial charge in [-0.15, -0.1) is 0 Å². The van der Waals surface area contributed by atoms with Crippen LogP contribution in [-0.2, 0) is 14.4 Å². The van der Waals surface area contributed by atoms with Crippen LogP contribution in [0.2, 0.25) is 0 Å². The lowest BCUT2D eigenvalue weighted by molar-refractivity contribution is -0.130. The first-order valence-electron chi connectivity index (χ1n) is 10.7. The van der Waals surface area contributed by atoms with E-state index in [1.807, 2.05) is 44.2 Å². The second kappa shape index (κ2) is 10.6. The Bertz CT molecular complexity index is 1050. The Hall–Kier alpha value is -3.88. The maximum absolute atomic E-state index is 13.0. The SMILES string of the molecule is CCC(NC(=O)C1=NCC(=O)N(c2ccc(C)cc2)N1)c1ccccc1OCC(=O)N(C)C. The van der Waals surface area contributed by atoms with Gasteiger partial charge in [-0.3, -0.25) is 24.8 Å². The number of amides is 3. The molecule has 0 saturated heterocycles. The van der Waals surface area contributed by atoms with Crippen molar-refractivity contribution in [3.05, 3.63) is 59.7 Å². The zero-order valence-electron chi connectivity index (χ0n) is 19.3. The lowest BCUT2D eigenvalue weighted by Gasteiger charge is -2.28. The number of aliphatic imine (C=N–C) groups is 1. The Morgan fingerprint density at radius 1 is 1.18 bits per heavy atom. The third-order valence-electron chi connectivity index (χ3n) is 5.20. The largest absolute Gasteiger partial charge is 0.483 e. The number of anilines is 1. The molecule has 33 heavy (non-hydrogen) atoms. The molecule has 2 N–H and O–H groups in total. The van der Waals surface area contributed by atoms with E-state index in [0.717, 1.165) is 11.1 Å². The molecule has 2 aromatic rings. The molecule has 0 bridgehead atoms. The number of benzene rings is 2. The van der Waals surface area contributed by atoms with Gasteiger partial charge in [0.05, 0.1) is 11.7 Å². The number of nitrogens with one attached hydrogen (secondary N) is 2. The average molecular weight is 452 g/mol. The Morgan fingerprint density at radius 3 is 2.55 bits per heavy atom. The lowest BCUT2D eigenvalue weighted by atomic mass is 10.0. The van der Waals surface area contributed by atoms with Crippen molar-refractivity contribution < 1.29 is 19.1 Å². The summed E-state index contributed by atoms with van der Waals surface area (Å²) in [6.07, 6.45) is 0.585. The molecule has 3 amide bonds. The number of aryl methyl sites for hydroxylation is 1. The predicted octanol–water partition coefficient (Wildman–Crippen LogP) is 1.98. The van der Waals surface area contributed by atoms with Crippen LogP contribution in [0.15, 0.2) is 53.5 Å². The van der Waals surface area contributed by atoms with Crippen LogP contribution in [-0.4, -0.2) is 55.7 Å². The van der Waals surface area contributed by atoms with Crippen LogP contribution >= 0.6 is 0 Å². The minimum atomic E-state index is -0.439. The molecular formula is C24H29N5O4. The van der Waals surface area contributed by atoms with Crippen molar-refractivity contribution in [2.45, 2.75) is 26.3 Å². The Labute approximate surface area is 193 Å². The normalized spacial score (nSPS) is 14.1. The van der Waals surface area contributed by atoms with E-state index in [9.17, 15) is 14.4 Å². The van der Waals surface area contributed by atoms with Crippen LogP contribution < -0.4 is 20.5 Å². The minimum Gasteiger partial charge on any atom is -0.483 e. The van der Waals surface area contributed by atoms with Gasteiger partial charge in [0.15, 0.2) is 6.61 Å². The number of hydrogen-bond acceptors (Lipinski definition) is 6. The number of hydrazine groups is 1. The highest BCUT2D eigenvalue weighted by Gasteiger charge is 2.27. The monoisotopic (exact) mass is 451 g/mol. The number of carbonyl (C=O) groups is 3. The summed E-state index contributed by atoms with van der Waals surface area (Å²) in [5.74, 6) is -0.287. The van der Waals surface area contributed by atoms with Gasteiger partial charge in [-0.2, -0.15) is 0 Å². The van der Waals surface area contributed by atoms with E-state index in [-0.39, 0.29) is 36.8 Å². The lowest BCUT2D eigenvalue weighted by Crippen LogP contribution is -2.56.